The number of esters is 1. The molecule has 1 aromatic rings. The number of hydrogen-bond donors (Lipinski definition) is 0. The smallest absolute Gasteiger partial charge is 0.338 e. The summed E-state index contributed by atoms with van der Waals surface area (Å²) < 4.78 is 4.86. The van der Waals surface area contributed by atoms with Gasteiger partial charge in [0.25, 0.3) is 6.29 Å². The number of carbonyl (C=O) groups is 1. The Hall–Kier alpha value is -1.39. The molecule has 1 fully saturated rings. The Morgan fingerprint density at radius 2 is 2.00 bits per heavy atom. The van der Waals surface area contributed by atoms with Crippen molar-refractivity contribution in [2.75, 3.05) is 6.61 Å². The Labute approximate surface area is 75.0 Å². The summed E-state index contributed by atoms with van der Waals surface area (Å²) in [6, 6.07) is 8.78. The molecule has 0 unspecified atom stereocenters. The van der Waals surface area contributed by atoms with E-state index in [2.05, 4.69) is 9.78 Å². The molecule has 4 heteroatoms. The third kappa shape index (κ3) is 2.27. The Morgan fingerprint density at radius 3 is 2.62 bits per heavy atom. The maximum atomic E-state index is 11.2. The van der Waals surface area contributed by atoms with Gasteiger partial charge in [0, 0.05) is 0 Å². The lowest BCUT2D eigenvalue weighted by Gasteiger charge is -1.99. The normalized spacial score (nSPS) is 15.4. The fraction of sp³-hybridized carbons (Fsp3) is 0.222. The van der Waals surface area contributed by atoms with E-state index in [0.29, 0.717) is 5.56 Å². The fourth-order valence-corrected chi connectivity index (χ4v) is 0.896. The van der Waals surface area contributed by atoms with Gasteiger partial charge in [-0.2, -0.15) is 9.78 Å². The maximum Gasteiger partial charge on any atom is 0.338 e. The molecule has 0 bridgehead atoms. The van der Waals surface area contributed by atoms with Crippen LogP contribution in [0.5, 0.6) is 0 Å². The summed E-state index contributed by atoms with van der Waals surface area (Å²) in [7, 11) is 0. The summed E-state index contributed by atoms with van der Waals surface area (Å²) in [5.74, 6) is -0.361. The highest BCUT2D eigenvalue weighted by atomic mass is 17.4. The van der Waals surface area contributed by atoms with Crippen LogP contribution in [0.1, 0.15) is 10.4 Å². The summed E-state index contributed by atoms with van der Waals surface area (Å²) in [6.45, 7) is 0.147. The predicted octanol–water partition coefficient (Wildman–Crippen LogP) is 1.13. The summed E-state index contributed by atoms with van der Waals surface area (Å²) in [5.41, 5.74) is 0.531. The van der Waals surface area contributed by atoms with Crippen molar-refractivity contribution in [2.24, 2.45) is 0 Å². The van der Waals surface area contributed by atoms with E-state index in [1.807, 2.05) is 6.07 Å². The molecule has 1 heterocycles. The van der Waals surface area contributed by atoms with Crippen LogP contribution >= 0.6 is 0 Å². The zero-order chi connectivity index (χ0) is 9.10. The number of rotatable bonds is 3. The lowest BCUT2D eigenvalue weighted by molar-refractivity contribution is 0.0475. The van der Waals surface area contributed by atoms with Gasteiger partial charge in [-0.15, -0.1) is 0 Å². The first-order valence-electron chi connectivity index (χ1n) is 3.90. The highest BCUT2D eigenvalue weighted by Crippen LogP contribution is 2.12. The lowest BCUT2D eigenvalue weighted by Crippen LogP contribution is -2.09. The van der Waals surface area contributed by atoms with Crippen LogP contribution in [0.2, 0.25) is 0 Å². The zero-order valence-corrected chi connectivity index (χ0v) is 6.80. The van der Waals surface area contributed by atoms with Gasteiger partial charge in [0.1, 0.15) is 6.61 Å². The molecule has 0 spiro atoms. The minimum atomic E-state index is -0.368. The Kier molecular flexibility index (Phi) is 2.25. The van der Waals surface area contributed by atoms with Gasteiger partial charge < -0.3 is 4.74 Å². The second kappa shape index (κ2) is 3.55. The van der Waals surface area contributed by atoms with E-state index in [1.54, 1.807) is 24.3 Å². The van der Waals surface area contributed by atoms with Crippen molar-refractivity contribution in [1.29, 1.82) is 0 Å². The van der Waals surface area contributed by atoms with Crippen molar-refractivity contribution in [3.05, 3.63) is 35.9 Å². The largest absolute Gasteiger partial charge is 0.456 e. The minimum absolute atomic E-state index is 0.147. The molecule has 13 heavy (non-hydrogen) atoms. The molecule has 0 atom stereocenters. The van der Waals surface area contributed by atoms with E-state index in [-0.39, 0.29) is 18.9 Å². The van der Waals surface area contributed by atoms with E-state index in [1.165, 1.54) is 0 Å². The molecule has 4 nitrogen and oxygen atoms in total. The molecule has 0 saturated carbocycles. The van der Waals surface area contributed by atoms with Crippen molar-refractivity contribution in [3.8, 4) is 0 Å². The zero-order valence-electron chi connectivity index (χ0n) is 6.80. The van der Waals surface area contributed by atoms with Crippen LogP contribution in [0, 0.1) is 0 Å². The summed E-state index contributed by atoms with van der Waals surface area (Å²) in [6.07, 6.45) is -0.368. The summed E-state index contributed by atoms with van der Waals surface area (Å²) in [4.78, 5) is 20.1. The molecular weight excluding hydrogens is 172 g/mol. The number of carbonyl (C=O) groups excluding carboxylic acids is 1. The first kappa shape index (κ1) is 8.22. The lowest BCUT2D eigenvalue weighted by atomic mass is 10.2. The fourth-order valence-electron chi connectivity index (χ4n) is 0.896. The van der Waals surface area contributed by atoms with E-state index < -0.39 is 0 Å². The Morgan fingerprint density at radius 1 is 1.31 bits per heavy atom. The SMILES string of the molecule is O=C(OCC1OO1)c1ccccc1. The van der Waals surface area contributed by atoms with Crippen LogP contribution in [0.4, 0.5) is 0 Å². The molecule has 1 aliphatic heterocycles. The topological polar surface area (TPSA) is 51.4 Å². The van der Waals surface area contributed by atoms with E-state index in [4.69, 9.17) is 4.74 Å². The third-order valence-electron chi connectivity index (χ3n) is 1.59. The molecule has 0 N–H and O–H groups in total. The Balaban J connectivity index is 1.89. The molecule has 2 rings (SSSR count). The van der Waals surface area contributed by atoms with Gasteiger partial charge in [-0.3, -0.25) is 0 Å². The van der Waals surface area contributed by atoms with Crippen molar-refractivity contribution in [3.63, 3.8) is 0 Å². The first-order valence-corrected chi connectivity index (χ1v) is 3.90. The van der Waals surface area contributed by atoms with Crippen molar-refractivity contribution >= 4 is 5.97 Å². The van der Waals surface area contributed by atoms with Crippen molar-refractivity contribution in [2.45, 2.75) is 6.29 Å². The molecule has 0 aromatic heterocycles. The van der Waals surface area contributed by atoms with E-state index in [0.717, 1.165) is 0 Å². The van der Waals surface area contributed by atoms with Gasteiger partial charge in [0.15, 0.2) is 0 Å². The van der Waals surface area contributed by atoms with Gasteiger partial charge in [-0.05, 0) is 12.1 Å². The molecule has 0 aliphatic carbocycles. The molecule has 1 aromatic carbocycles. The minimum Gasteiger partial charge on any atom is -0.456 e. The highest BCUT2D eigenvalue weighted by Gasteiger charge is 2.27. The molecule has 1 aliphatic rings. The quantitative estimate of drug-likeness (QED) is 0.397. The van der Waals surface area contributed by atoms with Gasteiger partial charge >= 0.3 is 5.97 Å². The van der Waals surface area contributed by atoms with Crippen molar-refractivity contribution in [1.82, 2.24) is 0 Å². The van der Waals surface area contributed by atoms with Crippen LogP contribution in [0.25, 0.3) is 0 Å². The number of ether oxygens (including phenoxy) is 1. The average Bonchev–Trinajstić information content (AvgIpc) is 2.99. The van der Waals surface area contributed by atoms with Crippen LogP contribution in [-0.4, -0.2) is 18.9 Å². The van der Waals surface area contributed by atoms with Crippen LogP contribution in [0.15, 0.2) is 30.3 Å². The monoisotopic (exact) mass is 180 g/mol. The van der Waals surface area contributed by atoms with Gasteiger partial charge in [-0.25, -0.2) is 4.79 Å². The van der Waals surface area contributed by atoms with Crippen molar-refractivity contribution < 1.29 is 19.3 Å². The second-order valence-corrected chi connectivity index (χ2v) is 2.59. The molecule has 0 amide bonds. The molecule has 0 radical (unpaired) electrons. The summed E-state index contributed by atoms with van der Waals surface area (Å²) in [5, 5.41) is 0. The molecule has 1 saturated heterocycles. The predicted molar refractivity (Wildman–Crippen MR) is 42.7 cm³/mol. The number of hydrogen-bond acceptors (Lipinski definition) is 4. The summed E-state index contributed by atoms with van der Waals surface area (Å²) >= 11 is 0. The standard InChI is InChI=1S/C9H8O4/c10-9(11-6-8-12-13-8)7-4-2-1-3-5-7/h1-5,8H,6H2. The maximum absolute atomic E-state index is 11.2. The highest BCUT2D eigenvalue weighted by molar-refractivity contribution is 5.89. The van der Waals surface area contributed by atoms with Gasteiger partial charge in [0.05, 0.1) is 5.56 Å². The van der Waals surface area contributed by atoms with Gasteiger partial charge in [-0.1, -0.05) is 18.2 Å². The van der Waals surface area contributed by atoms with E-state index in [9.17, 15) is 4.79 Å². The van der Waals surface area contributed by atoms with Crippen LogP contribution < -0.4 is 0 Å². The second-order valence-electron chi connectivity index (χ2n) is 2.59. The molecular formula is C9H8O4. The molecule has 68 valence electrons. The average molecular weight is 180 g/mol. The van der Waals surface area contributed by atoms with Gasteiger partial charge in [0.2, 0.25) is 0 Å². The van der Waals surface area contributed by atoms with Crippen LogP contribution in [-0.2, 0) is 14.5 Å². The van der Waals surface area contributed by atoms with Crippen LogP contribution in [0.3, 0.4) is 0 Å². The first-order chi connectivity index (χ1) is 6.36. The van der Waals surface area contributed by atoms with E-state index >= 15 is 0 Å². The third-order valence-corrected chi connectivity index (χ3v) is 1.59. The number of benzene rings is 1. The Bertz CT molecular complexity index is 292.